The maximum Gasteiger partial charge on any atom is 0.254 e. The minimum atomic E-state index is -0.130. The molecule has 3 heterocycles. The molecule has 11 heteroatoms. The zero-order valence-corrected chi connectivity index (χ0v) is 21.0. The largest absolute Gasteiger partial charge is 0.490 e. The third kappa shape index (κ3) is 5.33. The normalized spacial score (nSPS) is 15.9. The van der Waals surface area contributed by atoms with Gasteiger partial charge in [0.15, 0.2) is 5.76 Å². The van der Waals surface area contributed by atoms with Crippen LogP contribution in [0.2, 0.25) is 5.02 Å². The number of amides is 1. The summed E-state index contributed by atoms with van der Waals surface area (Å²) in [4.78, 5) is 14.8. The number of ether oxygens (including phenoxy) is 3. The monoisotopic (exact) mass is 526 g/mol. The minimum absolute atomic E-state index is 0.00601. The summed E-state index contributed by atoms with van der Waals surface area (Å²) in [6.45, 7) is 2.26. The smallest absolute Gasteiger partial charge is 0.254 e. The van der Waals surface area contributed by atoms with Crippen LogP contribution < -0.4 is 4.74 Å². The number of aromatic nitrogens is 3. The lowest BCUT2D eigenvalue weighted by Gasteiger charge is -2.35. The Hall–Kier alpha value is -3.44. The van der Waals surface area contributed by atoms with Crippen molar-refractivity contribution in [1.29, 1.82) is 0 Å². The highest BCUT2D eigenvalue weighted by Gasteiger charge is 2.27. The first-order valence-electron chi connectivity index (χ1n) is 12.0. The van der Waals surface area contributed by atoms with Crippen molar-refractivity contribution >= 4 is 28.4 Å². The van der Waals surface area contributed by atoms with E-state index in [2.05, 4.69) is 15.4 Å². The second-order valence-electron chi connectivity index (χ2n) is 8.64. The number of aliphatic hydroxyl groups excluding tert-OH is 1. The number of aromatic amines is 1. The average molecular weight is 527 g/mol. The second-order valence-corrected chi connectivity index (χ2v) is 9.04. The van der Waals surface area contributed by atoms with E-state index in [0.29, 0.717) is 72.9 Å². The van der Waals surface area contributed by atoms with Gasteiger partial charge in [-0.3, -0.25) is 9.89 Å². The number of fused-ring (bicyclic) bond motifs is 1. The minimum Gasteiger partial charge on any atom is -0.490 e. The van der Waals surface area contributed by atoms with Crippen LogP contribution in [0.5, 0.6) is 5.75 Å². The first kappa shape index (κ1) is 25.2. The Morgan fingerprint density at radius 1 is 1.24 bits per heavy atom. The van der Waals surface area contributed by atoms with Crippen LogP contribution in [-0.2, 0) is 9.47 Å². The van der Waals surface area contributed by atoms with Crippen molar-refractivity contribution in [3.8, 4) is 28.5 Å². The lowest BCUT2D eigenvalue weighted by Crippen LogP contribution is -2.49. The van der Waals surface area contributed by atoms with Crippen molar-refractivity contribution in [3.63, 3.8) is 0 Å². The molecule has 0 bridgehead atoms. The van der Waals surface area contributed by atoms with E-state index < -0.39 is 0 Å². The lowest BCUT2D eigenvalue weighted by atomic mass is 10.1. The van der Waals surface area contributed by atoms with E-state index in [-0.39, 0.29) is 18.6 Å². The predicted octanol–water partition coefficient (Wildman–Crippen LogP) is 3.79. The standard InChI is InChI=1S/C26H27ClN4O6/c1-34-10-11-36-23-14-22-19(12-20(23)27)25(29-28-22)24-13-21(30-37-24)16-2-4-17(5-3-16)26(33)31-7-9-35-15-18(31)6-8-32/h2-5,12-14,18,32H,6-11,15H2,1H3,(H,28,29)/t18-/m1/s1. The summed E-state index contributed by atoms with van der Waals surface area (Å²) in [5.41, 5.74) is 3.30. The van der Waals surface area contributed by atoms with Crippen molar-refractivity contribution in [2.45, 2.75) is 12.5 Å². The molecule has 1 aliphatic rings. The summed E-state index contributed by atoms with van der Waals surface area (Å²) < 4.78 is 21.7. The Balaban J connectivity index is 1.33. The topological polar surface area (TPSA) is 123 Å². The van der Waals surface area contributed by atoms with Crippen LogP contribution in [0.3, 0.4) is 0 Å². The van der Waals surface area contributed by atoms with Crippen LogP contribution in [0.15, 0.2) is 47.0 Å². The van der Waals surface area contributed by atoms with Crippen LogP contribution in [0.25, 0.3) is 33.6 Å². The zero-order valence-electron chi connectivity index (χ0n) is 20.3. The fourth-order valence-electron chi connectivity index (χ4n) is 4.33. The van der Waals surface area contributed by atoms with Gasteiger partial charge < -0.3 is 28.7 Å². The molecule has 2 aromatic carbocycles. The van der Waals surface area contributed by atoms with Crippen molar-refractivity contribution in [2.24, 2.45) is 0 Å². The summed E-state index contributed by atoms with van der Waals surface area (Å²) in [5, 5.41) is 22.1. The van der Waals surface area contributed by atoms with Gasteiger partial charge in [0, 0.05) is 48.9 Å². The number of hydrogen-bond donors (Lipinski definition) is 2. The van der Waals surface area contributed by atoms with Crippen molar-refractivity contribution in [3.05, 3.63) is 53.1 Å². The molecule has 37 heavy (non-hydrogen) atoms. The molecule has 1 fully saturated rings. The Morgan fingerprint density at radius 3 is 2.86 bits per heavy atom. The molecule has 0 radical (unpaired) electrons. The summed E-state index contributed by atoms with van der Waals surface area (Å²) in [5.74, 6) is 0.930. The summed E-state index contributed by atoms with van der Waals surface area (Å²) in [7, 11) is 1.61. The molecule has 1 amide bonds. The molecule has 2 aromatic heterocycles. The van der Waals surface area contributed by atoms with Gasteiger partial charge in [-0.05, 0) is 24.6 Å². The van der Waals surface area contributed by atoms with Gasteiger partial charge in [0.2, 0.25) is 0 Å². The number of morpholine rings is 1. The Bertz CT molecular complexity index is 1370. The number of nitrogens with one attached hydrogen (secondary N) is 1. The number of nitrogens with zero attached hydrogens (tertiary/aromatic N) is 3. The summed E-state index contributed by atoms with van der Waals surface area (Å²) in [6, 6.07) is 12.4. The van der Waals surface area contributed by atoms with Crippen LogP contribution in [0, 0.1) is 0 Å². The third-order valence-corrected chi connectivity index (χ3v) is 6.58. The highest BCUT2D eigenvalue weighted by Crippen LogP contribution is 2.35. The van der Waals surface area contributed by atoms with Crippen LogP contribution in [0.4, 0.5) is 0 Å². The molecular formula is C26H27ClN4O6. The number of halogens is 1. The Kier molecular flexibility index (Phi) is 7.71. The van der Waals surface area contributed by atoms with Gasteiger partial charge in [0.1, 0.15) is 23.7 Å². The number of carbonyl (C=O) groups is 1. The fraction of sp³-hybridized carbons (Fsp3) is 0.346. The third-order valence-electron chi connectivity index (χ3n) is 6.28. The number of aliphatic hydroxyl groups is 1. The quantitative estimate of drug-likeness (QED) is 0.316. The van der Waals surface area contributed by atoms with E-state index in [1.54, 1.807) is 42.3 Å². The van der Waals surface area contributed by atoms with E-state index in [4.69, 9.17) is 30.3 Å². The molecule has 5 rings (SSSR count). The van der Waals surface area contributed by atoms with Gasteiger partial charge in [-0.2, -0.15) is 5.10 Å². The first-order chi connectivity index (χ1) is 18.1. The molecular weight excluding hydrogens is 500 g/mol. The molecule has 194 valence electrons. The number of benzene rings is 2. The van der Waals surface area contributed by atoms with Crippen molar-refractivity contribution in [2.75, 3.05) is 46.7 Å². The number of H-pyrrole nitrogens is 1. The maximum atomic E-state index is 13.1. The molecule has 0 saturated carbocycles. The van der Waals surface area contributed by atoms with Gasteiger partial charge in [-0.1, -0.05) is 28.9 Å². The average Bonchev–Trinajstić information content (AvgIpc) is 3.56. The van der Waals surface area contributed by atoms with Crippen molar-refractivity contribution in [1.82, 2.24) is 20.3 Å². The van der Waals surface area contributed by atoms with Crippen LogP contribution >= 0.6 is 11.6 Å². The molecule has 2 N–H and O–H groups in total. The van der Waals surface area contributed by atoms with Gasteiger partial charge >= 0.3 is 0 Å². The van der Waals surface area contributed by atoms with Gasteiger partial charge in [0.05, 0.1) is 36.4 Å². The number of hydrogen-bond acceptors (Lipinski definition) is 8. The molecule has 1 aliphatic heterocycles. The molecule has 0 unspecified atom stereocenters. The van der Waals surface area contributed by atoms with Crippen LogP contribution in [-0.4, -0.2) is 84.0 Å². The van der Waals surface area contributed by atoms with E-state index in [0.717, 1.165) is 16.5 Å². The zero-order chi connectivity index (χ0) is 25.8. The fourth-order valence-corrected chi connectivity index (χ4v) is 4.55. The first-order valence-corrected chi connectivity index (χ1v) is 12.3. The predicted molar refractivity (Wildman–Crippen MR) is 137 cm³/mol. The SMILES string of the molecule is COCCOc1cc2[nH]nc(-c3cc(-c4ccc(C(=O)N5CCOC[C@H]5CCO)cc4)no3)c2cc1Cl. The number of carbonyl (C=O) groups excluding carboxylic acids is 1. The number of methoxy groups -OCH3 is 1. The number of rotatable bonds is 9. The van der Waals surface area contributed by atoms with E-state index in [9.17, 15) is 9.90 Å². The lowest BCUT2D eigenvalue weighted by molar-refractivity contribution is -0.00829. The van der Waals surface area contributed by atoms with Crippen molar-refractivity contribution < 1.29 is 28.6 Å². The van der Waals surface area contributed by atoms with Gasteiger partial charge in [-0.15, -0.1) is 0 Å². The van der Waals surface area contributed by atoms with E-state index in [1.165, 1.54) is 0 Å². The summed E-state index contributed by atoms with van der Waals surface area (Å²) >= 11 is 6.42. The van der Waals surface area contributed by atoms with Gasteiger partial charge in [-0.25, -0.2) is 0 Å². The highest BCUT2D eigenvalue weighted by atomic mass is 35.5. The second kappa shape index (κ2) is 11.3. The molecule has 1 saturated heterocycles. The van der Waals surface area contributed by atoms with Gasteiger partial charge in [0.25, 0.3) is 5.91 Å². The van der Waals surface area contributed by atoms with E-state index in [1.807, 2.05) is 12.1 Å². The highest BCUT2D eigenvalue weighted by molar-refractivity contribution is 6.33. The molecule has 4 aromatic rings. The Labute approximate surface area is 218 Å². The molecule has 1 atom stereocenters. The van der Waals surface area contributed by atoms with E-state index >= 15 is 0 Å². The molecule has 0 aliphatic carbocycles. The molecule has 10 nitrogen and oxygen atoms in total. The summed E-state index contributed by atoms with van der Waals surface area (Å²) in [6.07, 6.45) is 0.487. The maximum absolute atomic E-state index is 13.1. The molecule has 0 spiro atoms. The van der Waals surface area contributed by atoms with Crippen LogP contribution in [0.1, 0.15) is 16.8 Å². The Morgan fingerprint density at radius 2 is 2.08 bits per heavy atom.